The van der Waals surface area contributed by atoms with Crippen LogP contribution in [0.25, 0.3) is 0 Å². The van der Waals surface area contributed by atoms with Crippen LogP contribution in [0.1, 0.15) is 24.7 Å². The zero-order chi connectivity index (χ0) is 14.2. The normalized spacial score (nSPS) is 12.3. The molecule has 0 radical (unpaired) electrons. The van der Waals surface area contributed by atoms with E-state index in [1.807, 2.05) is 24.3 Å². The van der Waals surface area contributed by atoms with Gasteiger partial charge in [-0.1, -0.05) is 19.1 Å². The smallest absolute Gasteiger partial charge is 0.118 e. The summed E-state index contributed by atoms with van der Waals surface area (Å²) in [6.45, 7) is 3.21. The molecule has 0 aliphatic rings. The minimum absolute atomic E-state index is 0.398. The molecule has 1 atom stereocenters. The lowest BCUT2D eigenvalue weighted by molar-refractivity contribution is 0.414. The van der Waals surface area contributed by atoms with Gasteiger partial charge in [0.15, 0.2) is 0 Å². The molecule has 1 N–H and O–H groups in total. The average Bonchev–Trinajstić information content (AvgIpc) is 2.98. The summed E-state index contributed by atoms with van der Waals surface area (Å²) in [5, 5.41) is 3.59. The monoisotopic (exact) mass is 273 g/mol. The molecule has 1 heterocycles. The Morgan fingerprint density at radius 1 is 1.15 bits per heavy atom. The highest BCUT2D eigenvalue weighted by molar-refractivity contribution is 5.27. The average molecular weight is 273 g/mol. The molecule has 3 heteroatoms. The van der Waals surface area contributed by atoms with Crippen molar-refractivity contribution in [2.75, 3.05) is 13.7 Å². The first-order valence-corrected chi connectivity index (χ1v) is 7.20. The van der Waals surface area contributed by atoms with E-state index in [1.54, 1.807) is 13.4 Å². The first-order valence-electron chi connectivity index (χ1n) is 7.20. The third-order valence-electron chi connectivity index (χ3n) is 3.35. The summed E-state index contributed by atoms with van der Waals surface area (Å²) in [4.78, 5) is 0. The van der Waals surface area contributed by atoms with E-state index in [4.69, 9.17) is 9.15 Å². The summed E-state index contributed by atoms with van der Waals surface area (Å²) in [7, 11) is 1.69. The molecule has 0 amide bonds. The van der Waals surface area contributed by atoms with Crippen molar-refractivity contribution in [3.8, 4) is 5.75 Å². The molecule has 0 aliphatic heterocycles. The van der Waals surface area contributed by atoms with Gasteiger partial charge in [0.1, 0.15) is 11.5 Å². The lowest BCUT2D eigenvalue weighted by Crippen LogP contribution is -2.33. The Bertz CT molecular complexity index is 476. The molecule has 108 valence electrons. The first kappa shape index (κ1) is 14.7. The number of rotatable bonds is 8. The van der Waals surface area contributed by atoms with Crippen LogP contribution in [-0.4, -0.2) is 19.7 Å². The Labute approximate surface area is 121 Å². The molecule has 0 fully saturated rings. The maximum absolute atomic E-state index is 5.46. The highest BCUT2D eigenvalue weighted by Crippen LogP contribution is 2.14. The first-order chi connectivity index (χ1) is 9.81. The minimum atomic E-state index is 0.398. The summed E-state index contributed by atoms with van der Waals surface area (Å²) in [6, 6.07) is 12.7. The number of furan rings is 1. The van der Waals surface area contributed by atoms with Gasteiger partial charge in [-0.3, -0.25) is 0 Å². The van der Waals surface area contributed by atoms with Gasteiger partial charge >= 0.3 is 0 Å². The Hall–Kier alpha value is -1.74. The molecule has 2 rings (SSSR count). The Kier molecular flexibility index (Phi) is 5.69. The van der Waals surface area contributed by atoms with Gasteiger partial charge in [-0.15, -0.1) is 0 Å². The van der Waals surface area contributed by atoms with Crippen molar-refractivity contribution in [2.45, 2.75) is 32.2 Å². The lowest BCUT2D eigenvalue weighted by Gasteiger charge is -2.17. The van der Waals surface area contributed by atoms with Crippen LogP contribution in [0.4, 0.5) is 0 Å². The van der Waals surface area contributed by atoms with Gasteiger partial charge in [-0.2, -0.15) is 0 Å². The quantitative estimate of drug-likeness (QED) is 0.800. The van der Waals surface area contributed by atoms with Crippen molar-refractivity contribution in [1.82, 2.24) is 5.32 Å². The van der Waals surface area contributed by atoms with Gasteiger partial charge in [0.05, 0.1) is 13.4 Å². The molecule has 0 aliphatic carbocycles. The molecular weight excluding hydrogens is 250 g/mol. The zero-order valence-corrected chi connectivity index (χ0v) is 12.3. The van der Waals surface area contributed by atoms with Gasteiger partial charge in [0.2, 0.25) is 0 Å². The fraction of sp³-hybridized carbons (Fsp3) is 0.412. The zero-order valence-electron chi connectivity index (χ0n) is 12.3. The van der Waals surface area contributed by atoms with E-state index in [2.05, 4.69) is 24.4 Å². The van der Waals surface area contributed by atoms with Crippen LogP contribution in [0.2, 0.25) is 0 Å². The van der Waals surface area contributed by atoms with E-state index in [1.165, 1.54) is 5.56 Å². The second-order valence-electron chi connectivity index (χ2n) is 4.99. The molecule has 20 heavy (non-hydrogen) atoms. The summed E-state index contributed by atoms with van der Waals surface area (Å²) in [5.41, 5.74) is 1.31. The van der Waals surface area contributed by atoms with Crippen LogP contribution in [0.5, 0.6) is 5.75 Å². The van der Waals surface area contributed by atoms with Gasteiger partial charge in [-0.05, 0) is 49.2 Å². The summed E-state index contributed by atoms with van der Waals surface area (Å²) < 4.78 is 10.7. The number of methoxy groups -OCH3 is 1. The molecule has 0 saturated carbocycles. The molecule has 0 saturated heterocycles. The van der Waals surface area contributed by atoms with Gasteiger partial charge in [-0.25, -0.2) is 0 Å². The Balaban J connectivity index is 1.98. The second kappa shape index (κ2) is 7.75. The summed E-state index contributed by atoms with van der Waals surface area (Å²) in [5.74, 6) is 1.94. The van der Waals surface area contributed by atoms with E-state index in [0.717, 1.165) is 37.3 Å². The fourth-order valence-electron chi connectivity index (χ4n) is 2.28. The van der Waals surface area contributed by atoms with E-state index in [0.29, 0.717) is 6.04 Å². The number of hydrogen-bond donors (Lipinski definition) is 1. The maximum atomic E-state index is 5.46. The molecular formula is C17H23NO2. The Morgan fingerprint density at radius 3 is 2.55 bits per heavy atom. The number of hydrogen-bond acceptors (Lipinski definition) is 3. The van der Waals surface area contributed by atoms with Crippen LogP contribution in [0.15, 0.2) is 47.1 Å². The van der Waals surface area contributed by atoms with Crippen LogP contribution < -0.4 is 10.1 Å². The van der Waals surface area contributed by atoms with E-state index >= 15 is 0 Å². The highest BCUT2D eigenvalue weighted by atomic mass is 16.5. The van der Waals surface area contributed by atoms with E-state index < -0.39 is 0 Å². The van der Waals surface area contributed by atoms with Crippen LogP contribution in [0.3, 0.4) is 0 Å². The van der Waals surface area contributed by atoms with Gasteiger partial charge < -0.3 is 14.5 Å². The van der Waals surface area contributed by atoms with Gasteiger partial charge in [0, 0.05) is 12.5 Å². The molecule has 0 spiro atoms. The molecule has 1 unspecified atom stereocenters. The third kappa shape index (κ3) is 4.42. The predicted molar refractivity (Wildman–Crippen MR) is 81.2 cm³/mol. The SMILES string of the molecule is CCCNC(Cc1ccc(OC)cc1)Cc1ccco1. The molecule has 3 nitrogen and oxygen atoms in total. The van der Waals surface area contributed by atoms with Crippen LogP contribution >= 0.6 is 0 Å². The third-order valence-corrected chi connectivity index (χ3v) is 3.35. The number of ether oxygens (including phenoxy) is 1. The largest absolute Gasteiger partial charge is 0.497 e. The van der Waals surface area contributed by atoms with Crippen molar-refractivity contribution in [3.05, 3.63) is 54.0 Å². The number of nitrogens with one attached hydrogen (secondary N) is 1. The van der Waals surface area contributed by atoms with E-state index in [9.17, 15) is 0 Å². The highest BCUT2D eigenvalue weighted by Gasteiger charge is 2.11. The van der Waals surface area contributed by atoms with Crippen LogP contribution in [-0.2, 0) is 12.8 Å². The minimum Gasteiger partial charge on any atom is -0.497 e. The van der Waals surface area contributed by atoms with Crippen molar-refractivity contribution < 1.29 is 9.15 Å². The fourth-order valence-corrected chi connectivity index (χ4v) is 2.28. The second-order valence-corrected chi connectivity index (χ2v) is 4.99. The van der Waals surface area contributed by atoms with E-state index in [-0.39, 0.29) is 0 Å². The molecule has 2 aromatic rings. The molecule has 1 aromatic carbocycles. The standard InChI is InChI=1S/C17H23NO2/c1-3-10-18-15(13-17-5-4-11-20-17)12-14-6-8-16(19-2)9-7-14/h4-9,11,15,18H,3,10,12-13H2,1-2H3. The molecule has 0 bridgehead atoms. The van der Waals surface area contributed by atoms with Crippen molar-refractivity contribution in [1.29, 1.82) is 0 Å². The predicted octanol–water partition coefficient (Wildman–Crippen LogP) is 3.44. The number of benzene rings is 1. The van der Waals surface area contributed by atoms with Gasteiger partial charge in [0.25, 0.3) is 0 Å². The van der Waals surface area contributed by atoms with Crippen LogP contribution in [0, 0.1) is 0 Å². The Morgan fingerprint density at radius 2 is 1.95 bits per heavy atom. The van der Waals surface area contributed by atoms with Crippen molar-refractivity contribution in [2.24, 2.45) is 0 Å². The lowest BCUT2D eigenvalue weighted by atomic mass is 10.0. The van der Waals surface area contributed by atoms with Crippen molar-refractivity contribution in [3.63, 3.8) is 0 Å². The summed E-state index contributed by atoms with van der Waals surface area (Å²) >= 11 is 0. The summed E-state index contributed by atoms with van der Waals surface area (Å²) in [6.07, 6.45) is 4.78. The topological polar surface area (TPSA) is 34.4 Å². The molecule has 1 aromatic heterocycles. The van der Waals surface area contributed by atoms with Crippen molar-refractivity contribution >= 4 is 0 Å². The maximum Gasteiger partial charge on any atom is 0.118 e.